The summed E-state index contributed by atoms with van der Waals surface area (Å²) >= 11 is 0. The topological polar surface area (TPSA) is 0 Å². The van der Waals surface area contributed by atoms with Gasteiger partial charge >= 0.3 is 0 Å². The molecule has 0 saturated carbocycles. The van der Waals surface area contributed by atoms with Gasteiger partial charge in [0, 0.05) is 0 Å². The van der Waals surface area contributed by atoms with E-state index in [0.717, 1.165) is 0 Å². The third-order valence-corrected chi connectivity index (χ3v) is 10.7. The van der Waals surface area contributed by atoms with E-state index in [1.807, 2.05) is 0 Å². The van der Waals surface area contributed by atoms with Crippen LogP contribution in [0, 0.1) is 5.41 Å². The summed E-state index contributed by atoms with van der Waals surface area (Å²) in [5.74, 6) is 0. The van der Waals surface area contributed by atoms with E-state index in [4.69, 9.17) is 0 Å². The van der Waals surface area contributed by atoms with Crippen LogP contribution in [0.3, 0.4) is 0 Å². The van der Waals surface area contributed by atoms with Gasteiger partial charge in [-0.1, -0.05) is 170 Å². The predicted molar refractivity (Wildman–Crippen MR) is 207 cm³/mol. The summed E-state index contributed by atoms with van der Waals surface area (Å²) in [6.45, 7) is 0. The molecule has 6 aromatic rings. The van der Waals surface area contributed by atoms with Crippen LogP contribution in [0.4, 0.5) is 0 Å². The zero-order chi connectivity index (χ0) is 32.4. The quantitative estimate of drug-likeness (QED) is 0.184. The van der Waals surface area contributed by atoms with Crippen LogP contribution in [0.1, 0.15) is 33.4 Å². The molecule has 0 amide bonds. The maximum atomic E-state index is 2.49. The molecule has 0 saturated heterocycles. The fourth-order valence-electron chi connectivity index (χ4n) is 8.53. The van der Waals surface area contributed by atoms with Crippen molar-refractivity contribution in [2.24, 2.45) is 5.41 Å². The van der Waals surface area contributed by atoms with Gasteiger partial charge in [-0.05, 0) is 113 Å². The second-order valence-corrected chi connectivity index (χ2v) is 13.3. The summed E-state index contributed by atoms with van der Waals surface area (Å²) in [6, 6.07) is 57.4. The predicted octanol–water partition coefficient (Wildman–Crippen LogP) is 12.5. The van der Waals surface area contributed by atoms with Crippen molar-refractivity contribution in [1.82, 2.24) is 0 Å². The first-order valence-corrected chi connectivity index (χ1v) is 17.1. The van der Waals surface area contributed by atoms with E-state index in [1.165, 1.54) is 89.1 Å². The highest BCUT2D eigenvalue weighted by Gasteiger charge is 2.52. The fraction of sp³-hybridized carbons (Fsp3) is 0.0204. The smallest absolute Gasteiger partial charge is 0.0622 e. The van der Waals surface area contributed by atoms with Crippen molar-refractivity contribution >= 4 is 34.4 Å². The van der Waals surface area contributed by atoms with Gasteiger partial charge in [0.05, 0.1) is 5.41 Å². The van der Waals surface area contributed by atoms with E-state index in [1.54, 1.807) is 0 Å². The molecule has 6 aromatic carbocycles. The van der Waals surface area contributed by atoms with E-state index in [0.29, 0.717) is 0 Å². The molecule has 0 atom stereocenters. The molecule has 0 heteroatoms. The van der Waals surface area contributed by atoms with Gasteiger partial charge in [-0.25, -0.2) is 0 Å². The average Bonchev–Trinajstić information content (AvgIpc) is 3.75. The lowest BCUT2D eigenvalue weighted by Gasteiger charge is -2.46. The highest BCUT2D eigenvalue weighted by atomic mass is 14.5. The number of rotatable bonds is 4. The summed E-state index contributed by atoms with van der Waals surface area (Å²) in [7, 11) is 0. The number of hydrogen-bond donors (Lipinski definition) is 0. The van der Waals surface area contributed by atoms with Crippen LogP contribution >= 0.6 is 0 Å². The largest absolute Gasteiger partial charge is 0.0725 e. The Hall–Kier alpha value is -6.24. The van der Waals surface area contributed by atoms with Crippen LogP contribution in [-0.4, -0.2) is 0 Å². The molecule has 0 nitrogen and oxygen atoms in total. The Morgan fingerprint density at radius 1 is 0.286 bits per heavy atom. The van der Waals surface area contributed by atoms with Gasteiger partial charge in [0.15, 0.2) is 0 Å². The third kappa shape index (κ3) is 4.17. The molecule has 0 bridgehead atoms. The van der Waals surface area contributed by atoms with E-state index < -0.39 is 5.41 Å². The lowest BCUT2D eigenvalue weighted by Crippen LogP contribution is -2.32. The maximum Gasteiger partial charge on any atom is 0.0725 e. The molecule has 49 heavy (non-hydrogen) atoms. The number of fused-ring (bicyclic) bond motifs is 8. The minimum absolute atomic E-state index is 0.533. The molecule has 0 unspecified atom stereocenters. The van der Waals surface area contributed by atoms with Crippen molar-refractivity contribution in [3.8, 4) is 22.3 Å². The van der Waals surface area contributed by atoms with Crippen molar-refractivity contribution in [3.63, 3.8) is 0 Å². The zero-order valence-electron chi connectivity index (χ0n) is 27.0. The first kappa shape index (κ1) is 27.8. The van der Waals surface area contributed by atoms with Crippen LogP contribution in [-0.2, 0) is 0 Å². The maximum absolute atomic E-state index is 2.49. The SMILES string of the molecule is C1=C2C(=Cc3cc(-c4ccccc4)ccc32)C2(C3=Cc4cc(-c5ccccc5)ccc4C3=CC=C2c2ccccc2)C(c2ccccc2)=C1. The van der Waals surface area contributed by atoms with E-state index in [-0.39, 0.29) is 0 Å². The first-order chi connectivity index (χ1) is 24.3. The van der Waals surface area contributed by atoms with Crippen molar-refractivity contribution in [1.29, 1.82) is 0 Å². The Kier molecular flexibility index (Phi) is 6.19. The van der Waals surface area contributed by atoms with Crippen LogP contribution < -0.4 is 0 Å². The molecular formula is C49H32. The van der Waals surface area contributed by atoms with Crippen molar-refractivity contribution < 1.29 is 0 Å². The number of allylic oxidation sites excluding steroid dienone is 10. The standard InChI is InChI=1S/C49H32/c1-5-13-33(14-6-1)37-21-23-41-39(29-37)31-47-43(41)25-27-45(35-17-9-3-10-18-35)49(47)46(36-19-11-4-12-20-36)28-26-44-42-24-22-38(30-40(42)32-48(44)49)34-15-7-2-8-16-34/h1-32H. The Morgan fingerprint density at radius 2 is 0.653 bits per heavy atom. The Labute approximate surface area is 287 Å². The lowest BCUT2D eigenvalue weighted by molar-refractivity contribution is 0.803. The summed E-state index contributed by atoms with van der Waals surface area (Å²) in [5.41, 5.74) is 20.0. The molecule has 0 radical (unpaired) electrons. The van der Waals surface area contributed by atoms with Gasteiger partial charge in [0.1, 0.15) is 0 Å². The van der Waals surface area contributed by atoms with Gasteiger partial charge in [-0.2, -0.15) is 0 Å². The van der Waals surface area contributed by atoms with Gasteiger partial charge in [-0.3, -0.25) is 0 Å². The molecule has 0 aliphatic heterocycles. The van der Waals surface area contributed by atoms with Gasteiger partial charge in [-0.15, -0.1) is 0 Å². The number of benzene rings is 6. The molecule has 4 aliphatic carbocycles. The zero-order valence-corrected chi connectivity index (χ0v) is 27.0. The second-order valence-electron chi connectivity index (χ2n) is 13.3. The molecular weight excluding hydrogens is 589 g/mol. The molecule has 4 aliphatic rings. The average molecular weight is 621 g/mol. The molecule has 0 aromatic heterocycles. The molecule has 0 N–H and O–H groups in total. The molecule has 0 heterocycles. The minimum Gasteiger partial charge on any atom is -0.0622 e. The van der Waals surface area contributed by atoms with Gasteiger partial charge < -0.3 is 0 Å². The van der Waals surface area contributed by atoms with Crippen LogP contribution in [0.15, 0.2) is 193 Å². The Bertz CT molecular complexity index is 2300. The normalized spacial score (nSPS) is 16.2. The van der Waals surface area contributed by atoms with Gasteiger partial charge in [0.2, 0.25) is 0 Å². The molecule has 10 rings (SSSR count). The minimum atomic E-state index is -0.533. The van der Waals surface area contributed by atoms with Crippen molar-refractivity contribution in [3.05, 3.63) is 227 Å². The Balaban J connectivity index is 1.25. The lowest BCUT2D eigenvalue weighted by atomic mass is 9.55. The monoisotopic (exact) mass is 620 g/mol. The molecule has 228 valence electrons. The van der Waals surface area contributed by atoms with Crippen LogP contribution in [0.25, 0.3) is 56.7 Å². The summed E-state index contributed by atoms with van der Waals surface area (Å²) in [5, 5.41) is 0. The highest BCUT2D eigenvalue weighted by Crippen LogP contribution is 2.68. The summed E-state index contributed by atoms with van der Waals surface area (Å²) < 4.78 is 0. The van der Waals surface area contributed by atoms with Crippen LogP contribution in [0.5, 0.6) is 0 Å². The van der Waals surface area contributed by atoms with Gasteiger partial charge in [0.25, 0.3) is 0 Å². The van der Waals surface area contributed by atoms with Crippen molar-refractivity contribution in [2.75, 3.05) is 0 Å². The van der Waals surface area contributed by atoms with E-state index in [2.05, 4.69) is 194 Å². The van der Waals surface area contributed by atoms with E-state index >= 15 is 0 Å². The molecule has 0 fully saturated rings. The highest BCUT2D eigenvalue weighted by molar-refractivity contribution is 6.16. The van der Waals surface area contributed by atoms with Crippen LogP contribution in [0.2, 0.25) is 0 Å². The summed E-state index contributed by atoms with van der Waals surface area (Å²) in [6.07, 6.45) is 14.5. The Morgan fingerprint density at radius 3 is 1.04 bits per heavy atom. The van der Waals surface area contributed by atoms with E-state index in [9.17, 15) is 0 Å². The second kappa shape index (κ2) is 10.9. The van der Waals surface area contributed by atoms with Crippen molar-refractivity contribution in [2.45, 2.75) is 0 Å². The molecule has 1 spiro atoms. The summed E-state index contributed by atoms with van der Waals surface area (Å²) in [4.78, 5) is 0. The fourth-order valence-corrected chi connectivity index (χ4v) is 8.53. The third-order valence-electron chi connectivity index (χ3n) is 10.7. The first-order valence-electron chi connectivity index (χ1n) is 17.1. The number of hydrogen-bond acceptors (Lipinski definition) is 0.